The second-order valence-electron chi connectivity index (χ2n) is 7.24. The lowest BCUT2D eigenvalue weighted by atomic mass is 9.91. The molecule has 3 rings (SSSR count). The molecule has 2 amide bonds. The van der Waals surface area contributed by atoms with E-state index in [2.05, 4.69) is 10.1 Å². The normalized spacial score (nSPS) is 22.2. The molecule has 0 radical (unpaired) electrons. The number of hydrogen-bond acceptors (Lipinski definition) is 5. The number of aromatic nitrogens is 2. The summed E-state index contributed by atoms with van der Waals surface area (Å²) < 4.78 is 5.20. The quantitative estimate of drug-likeness (QED) is 0.829. The number of nitrogens with zero attached hydrogens (tertiary/aromatic N) is 4. The van der Waals surface area contributed by atoms with Crippen LogP contribution >= 0.6 is 0 Å². The first-order chi connectivity index (χ1) is 12.1. The fraction of sp³-hybridized carbons (Fsp3) is 0.778. The highest BCUT2D eigenvalue weighted by molar-refractivity contribution is 5.81. The van der Waals surface area contributed by atoms with Gasteiger partial charge in [0.15, 0.2) is 5.82 Å². The van der Waals surface area contributed by atoms with Crippen LogP contribution in [0.2, 0.25) is 0 Å². The zero-order valence-electron chi connectivity index (χ0n) is 15.2. The van der Waals surface area contributed by atoms with Gasteiger partial charge in [-0.2, -0.15) is 4.98 Å². The molecular formula is C18H28N4O3. The van der Waals surface area contributed by atoms with Crippen molar-refractivity contribution in [2.75, 3.05) is 26.2 Å². The standard InChI is InChI=1S/C18H28N4O3/c1-3-17(23)22-8-4-5-15(12-22)18(24)21-9-6-14(7-10-21)11-16-19-13(2)20-25-16/h14-15H,3-12H2,1-2H3/t15-/m0/s1. The SMILES string of the molecule is CCC(=O)N1CCC[C@H](C(=O)N2CCC(Cc3nc(C)no3)CC2)C1. The summed E-state index contributed by atoms with van der Waals surface area (Å²) in [4.78, 5) is 32.8. The molecular weight excluding hydrogens is 320 g/mol. The monoisotopic (exact) mass is 348 g/mol. The van der Waals surface area contributed by atoms with Gasteiger partial charge in [0.05, 0.1) is 5.92 Å². The Morgan fingerprint density at radius 3 is 2.56 bits per heavy atom. The molecule has 1 aromatic rings. The van der Waals surface area contributed by atoms with Gasteiger partial charge in [-0.15, -0.1) is 0 Å². The fourth-order valence-corrected chi connectivity index (χ4v) is 3.91. The summed E-state index contributed by atoms with van der Waals surface area (Å²) in [5.41, 5.74) is 0. The van der Waals surface area contributed by atoms with Crippen molar-refractivity contribution >= 4 is 11.8 Å². The number of piperidine rings is 2. The number of likely N-dealkylation sites (tertiary alicyclic amines) is 2. The molecule has 138 valence electrons. The third kappa shape index (κ3) is 4.38. The van der Waals surface area contributed by atoms with Crippen molar-refractivity contribution in [2.45, 2.75) is 52.4 Å². The van der Waals surface area contributed by atoms with Gasteiger partial charge in [0.2, 0.25) is 17.7 Å². The van der Waals surface area contributed by atoms with Gasteiger partial charge in [-0.25, -0.2) is 0 Å². The largest absolute Gasteiger partial charge is 0.342 e. The van der Waals surface area contributed by atoms with Crippen LogP contribution in [0.4, 0.5) is 0 Å². The Labute approximate surface area is 148 Å². The van der Waals surface area contributed by atoms with Crippen molar-refractivity contribution in [2.24, 2.45) is 11.8 Å². The Morgan fingerprint density at radius 1 is 1.16 bits per heavy atom. The molecule has 0 bridgehead atoms. The van der Waals surface area contributed by atoms with E-state index in [1.807, 2.05) is 23.6 Å². The van der Waals surface area contributed by atoms with E-state index in [1.54, 1.807) is 0 Å². The van der Waals surface area contributed by atoms with Crippen molar-refractivity contribution in [3.8, 4) is 0 Å². The summed E-state index contributed by atoms with van der Waals surface area (Å²) in [5, 5.41) is 3.83. The summed E-state index contributed by atoms with van der Waals surface area (Å²) in [6.07, 6.45) is 5.07. The molecule has 2 aliphatic heterocycles. The second-order valence-corrected chi connectivity index (χ2v) is 7.24. The van der Waals surface area contributed by atoms with Crippen LogP contribution in [0, 0.1) is 18.8 Å². The number of carbonyl (C=O) groups is 2. The Morgan fingerprint density at radius 2 is 1.92 bits per heavy atom. The molecule has 2 fully saturated rings. The maximum Gasteiger partial charge on any atom is 0.227 e. The second kappa shape index (κ2) is 7.97. The minimum Gasteiger partial charge on any atom is -0.342 e. The molecule has 7 nitrogen and oxygen atoms in total. The van der Waals surface area contributed by atoms with Gasteiger partial charge < -0.3 is 14.3 Å². The highest BCUT2D eigenvalue weighted by Crippen LogP contribution is 2.25. The van der Waals surface area contributed by atoms with Crippen LogP contribution in [-0.4, -0.2) is 57.9 Å². The lowest BCUT2D eigenvalue weighted by molar-refractivity contribution is -0.141. The maximum absolute atomic E-state index is 12.8. The van der Waals surface area contributed by atoms with Gasteiger partial charge in [0, 0.05) is 39.0 Å². The van der Waals surface area contributed by atoms with Gasteiger partial charge in [-0.1, -0.05) is 12.1 Å². The zero-order chi connectivity index (χ0) is 17.8. The smallest absolute Gasteiger partial charge is 0.227 e. The van der Waals surface area contributed by atoms with Gasteiger partial charge in [0.25, 0.3) is 0 Å². The Kier molecular flexibility index (Phi) is 5.71. The minimum absolute atomic E-state index is 0.0283. The minimum atomic E-state index is -0.0283. The highest BCUT2D eigenvalue weighted by atomic mass is 16.5. The van der Waals surface area contributed by atoms with Gasteiger partial charge in [-0.05, 0) is 38.5 Å². The first-order valence-electron chi connectivity index (χ1n) is 9.42. The summed E-state index contributed by atoms with van der Waals surface area (Å²) >= 11 is 0. The maximum atomic E-state index is 12.8. The molecule has 0 spiro atoms. The Bertz CT molecular complexity index is 607. The lowest BCUT2D eigenvalue weighted by Gasteiger charge is -2.37. The van der Waals surface area contributed by atoms with Crippen LogP contribution in [-0.2, 0) is 16.0 Å². The summed E-state index contributed by atoms with van der Waals surface area (Å²) in [5.74, 6) is 2.22. The van der Waals surface area contributed by atoms with Crippen molar-refractivity contribution in [3.05, 3.63) is 11.7 Å². The van der Waals surface area contributed by atoms with Crippen molar-refractivity contribution < 1.29 is 14.1 Å². The third-order valence-electron chi connectivity index (χ3n) is 5.38. The summed E-state index contributed by atoms with van der Waals surface area (Å²) in [6.45, 7) is 6.66. The van der Waals surface area contributed by atoms with E-state index < -0.39 is 0 Å². The molecule has 0 unspecified atom stereocenters. The van der Waals surface area contributed by atoms with E-state index in [0.717, 1.165) is 51.7 Å². The van der Waals surface area contributed by atoms with E-state index in [-0.39, 0.29) is 17.7 Å². The summed E-state index contributed by atoms with van der Waals surface area (Å²) in [7, 11) is 0. The van der Waals surface area contributed by atoms with Crippen molar-refractivity contribution in [3.63, 3.8) is 0 Å². The fourth-order valence-electron chi connectivity index (χ4n) is 3.91. The Hall–Kier alpha value is -1.92. The topological polar surface area (TPSA) is 79.5 Å². The van der Waals surface area contributed by atoms with Crippen molar-refractivity contribution in [1.82, 2.24) is 19.9 Å². The molecule has 1 atom stereocenters. The molecule has 7 heteroatoms. The van der Waals surface area contributed by atoms with E-state index >= 15 is 0 Å². The molecule has 0 aliphatic carbocycles. The number of carbonyl (C=O) groups excluding carboxylic acids is 2. The average molecular weight is 348 g/mol. The van der Waals surface area contributed by atoms with Crippen LogP contribution in [0.15, 0.2) is 4.52 Å². The van der Waals surface area contributed by atoms with Crippen molar-refractivity contribution in [1.29, 1.82) is 0 Å². The van der Waals surface area contributed by atoms with Crippen LogP contribution in [0.5, 0.6) is 0 Å². The lowest BCUT2D eigenvalue weighted by Crippen LogP contribution is -2.48. The van der Waals surface area contributed by atoms with Gasteiger partial charge >= 0.3 is 0 Å². The van der Waals surface area contributed by atoms with E-state index in [9.17, 15) is 9.59 Å². The molecule has 25 heavy (non-hydrogen) atoms. The molecule has 1 aromatic heterocycles. The van der Waals surface area contributed by atoms with Crippen LogP contribution < -0.4 is 0 Å². The number of amides is 2. The molecule has 2 saturated heterocycles. The predicted molar refractivity (Wildman–Crippen MR) is 91.6 cm³/mol. The molecule has 3 heterocycles. The zero-order valence-corrected chi connectivity index (χ0v) is 15.2. The third-order valence-corrected chi connectivity index (χ3v) is 5.38. The number of hydrogen-bond donors (Lipinski definition) is 0. The van der Waals surface area contributed by atoms with Crippen LogP contribution in [0.3, 0.4) is 0 Å². The van der Waals surface area contributed by atoms with E-state index in [4.69, 9.17) is 4.52 Å². The first-order valence-corrected chi connectivity index (χ1v) is 9.42. The van der Waals surface area contributed by atoms with Crippen LogP contribution in [0.25, 0.3) is 0 Å². The molecule has 0 N–H and O–H groups in total. The summed E-state index contributed by atoms with van der Waals surface area (Å²) in [6, 6.07) is 0. The molecule has 2 aliphatic rings. The molecule has 0 aromatic carbocycles. The van der Waals surface area contributed by atoms with E-state index in [0.29, 0.717) is 30.6 Å². The highest BCUT2D eigenvalue weighted by Gasteiger charge is 2.32. The van der Waals surface area contributed by atoms with Crippen LogP contribution in [0.1, 0.15) is 50.7 Å². The predicted octanol–water partition coefficient (Wildman–Crippen LogP) is 1.81. The van der Waals surface area contributed by atoms with Gasteiger partial charge in [-0.3, -0.25) is 9.59 Å². The molecule has 0 saturated carbocycles. The van der Waals surface area contributed by atoms with Gasteiger partial charge in [0.1, 0.15) is 0 Å². The average Bonchev–Trinajstić information content (AvgIpc) is 3.06. The first kappa shape index (κ1) is 17.9. The van der Waals surface area contributed by atoms with E-state index in [1.165, 1.54) is 0 Å². The number of rotatable bonds is 4. The Balaban J connectivity index is 1.48. The number of aryl methyl sites for hydroxylation is 1.